The monoisotopic (exact) mass is 232 g/mol. The topological polar surface area (TPSA) is 28.3 Å². The van der Waals surface area contributed by atoms with E-state index in [9.17, 15) is 0 Å². The number of nitrogens with zero attached hydrogens (tertiary/aromatic N) is 1. The highest BCUT2D eigenvalue weighted by Crippen LogP contribution is 2.21. The molecule has 0 fully saturated rings. The SMILES string of the molecule is CN(C)C(C)(C)COc1ccc2cc[nH]c2c1. The van der Waals surface area contributed by atoms with E-state index < -0.39 is 0 Å². The van der Waals surface area contributed by atoms with Crippen LogP contribution in [-0.4, -0.2) is 36.1 Å². The molecule has 0 spiro atoms. The Bertz CT molecular complexity index is 500. The van der Waals surface area contributed by atoms with E-state index in [-0.39, 0.29) is 5.54 Å². The van der Waals surface area contributed by atoms with E-state index in [1.165, 1.54) is 5.39 Å². The van der Waals surface area contributed by atoms with Crippen molar-refractivity contribution in [1.82, 2.24) is 9.88 Å². The first kappa shape index (κ1) is 12.0. The number of H-pyrrole nitrogens is 1. The minimum absolute atomic E-state index is 0.0324. The van der Waals surface area contributed by atoms with E-state index in [2.05, 4.69) is 50.0 Å². The largest absolute Gasteiger partial charge is 0.492 e. The lowest BCUT2D eigenvalue weighted by molar-refractivity contribution is 0.114. The lowest BCUT2D eigenvalue weighted by Gasteiger charge is -2.32. The number of hydrogen-bond acceptors (Lipinski definition) is 2. The molecule has 0 aliphatic carbocycles. The molecule has 2 aromatic rings. The summed E-state index contributed by atoms with van der Waals surface area (Å²) in [6.07, 6.45) is 1.94. The average Bonchev–Trinajstić information content (AvgIpc) is 2.73. The molecule has 1 aromatic heterocycles. The van der Waals surface area contributed by atoms with Crippen molar-refractivity contribution in [1.29, 1.82) is 0 Å². The predicted molar refractivity (Wildman–Crippen MR) is 71.6 cm³/mol. The molecule has 1 N–H and O–H groups in total. The Morgan fingerprint density at radius 2 is 2.00 bits per heavy atom. The number of fused-ring (bicyclic) bond motifs is 1. The summed E-state index contributed by atoms with van der Waals surface area (Å²) in [7, 11) is 4.13. The van der Waals surface area contributed by atoms with E-state index in [0.717, 1.165) is 11.3 Å². The second-order valence-electron chi connectivity index (χ2n) is 5.22. The molecule has 0 radical (unpaired) electrons. The molecule has 0 saturated heterocycles. The molecule has 3 heteroatoms. The van der Waals surface area contributed by atoms with Gasteiger partial charge in [0.05, 0.1) is 0 Å². The van der Waals surface area contributed by atoms with Crippen LogP contribution >= 0.6 is 0 Å². The Morgan fingerprint density at radius 1 is 1.24 bits per heavy atom. The molecule has 1 aromatic carbocycles. The third-order valence-corrected chi connectivity index (χ3v) is 3.33. The Labute approximate surface area is 102 Å². The summed E-state index contributed by atoms with van der Waals surface area (Å²) in [4.78, 5) is 5.36. The molecule has 0 atom stereocenters. The van der Waals surface area contributed by atoms with Crippen molar-refractivity contribution in [3.05, 3.63) is 30.5 Å². The first-order chi connectivity index (χ1) is 7.99. The Hall–Kier alpha value is -1.48. The van der Waals surface area contributed by atoms with Crippen molar-refractivity contribution in [2.24, 2.45) is 0 Å². The van der Waals surface area contributed by atoms with Crippen LogP contribution in [0.3, 0.4) is 0 Å². The van der Waals surface area contributed by atoms with E-state index in [1.807, 2.05) is 18.3 Å². The normalized spacial score (nSPS) is 12.3. The van der Waals surface area contributed by atoms with Crippen LogP contribution < -0.4 is 4.74 Å². The zero-order valence-corrected chi connectivity index (χ0v) is 10.9. The van der Waals surface area contributed by atoms with Crippen molar-refractivity contribution in [3.63, 3.8) is 0 Å². The molecule has 3 nitrogen and oxygen atoms in total. The zero-order valence-electron chi connectivity index (χ0n) is 10.9. The van der Waals surface area contributed by atoms with Crippen molar-refractivity contribution >= 4 is 10.9 Å². The Kier molecular flexibility index (Phi) is 3.11. The highest BCUT2D eigenvalue weighted by Gasteiger charge is 2.21. The number of aromatic amines is 1. The van der Waals surface area contributed by atoms with Crippen molar-refractivity contribution < 1.29 is 4.74 Å². The summed E-state index contributed by atoms with van der Waals surface area (Å²) in [6, 6.07) is 8.19. The van der Waals surface area contributed by atoms with Crippen molar-refractivity contribution in [2.75, 3.05) is 20.7 Å². The van der Waals surface area contributed by atoms with Crippen LogP contribution in [-0.2, 0) is 0 Å². The molecule has 0 aliphatic heterocycles. The highest BCUT2D eigenvalue weighted by molar-refractivity contribution is 5.80. The molecule has 17 heavy (non-hydrogen) atoms. The average molecular weight is 232 g/mol. The number of nitrogens with one attached hydrogen (secondary N) is 1. The molecule has 0 saturated carbocycles. The molecule has 2 rings (SSSR count). The number of likely N-dealkylation sites (N-methyl/N-ethyl adjacent to an activating group) is 1. The van der Waals surface area contributed by atoms with Gasteiger partial charge in [0.25, 0.3) is 0 Å². The van der Waals surface area contributed by atoms with Crippen LogP contribution in [0.5, 0.6) is 5.75 Å². The second kappa shape index (κ2) is 4.41. The van der Waals surface area contributed by atoms with Gasteiger partial charge in [0.2, 0.25) is 0 Å². The molecule has 92 valence electrons. The van der Waals surface area contributed by atoms with E-state index in [4.69, 9.17) is 4.74 Å². The van der Waals surface area contributed by atoms with Gasteiger partial charge in [-0.15, -0.1) is 0 Å². The standard InChI is InChI=1S/C14H20N2O/c1-14(2,16(3)4)10-17-12-6-5-11-7-8-15-13(11)9-12/h5-9,15H,10H2,1-4H3. The van der Waals surface area contributed by atoms with E-state index in [1.54, 1.807) is 0 Å². The van der Waals surface area contributed by atoms with Crippen LogP contribution in [0.4, 0.5) is 0 Å². The molecule has 0 amide bonds. The summed E-state index contributed by atoms with van der Waals surface area (Å²) in [5.41, 5.74) is 1.15. The fraction of sp³-hybridized carbons (Fsp3) is 0.429. The fourth-order valence-electron chi connectivity index (χ4n) is 1.51. The van der Waals surface area contributed by atoms with Gasteiger partial charge in [-0.2, -0.15) is 0 Å². The molecule has 0 unspecified atom stereocenters. The smallest absolute Gasteiger partial charge is 0.121 e. The van der Waals surface area contributed by atoms with Crippen LogP contribution in [0.25, 0.3) is 10.9 Å². The molecule has 1 heterocycles. The third kappa shape index (κ3) is 2.61. The number of rotatable bonds is 4. The van der Waals surface area contributed by atoms with Gasteiger partial charge in [0, 0.05) is 23.3 Å². The van der Waals surface area contributed by atoms with Gasteiger partial charge in [-0.3, -0.25) is 0 Å². The summed E-state index contributed by atoms with van der Waals surface area (Å²) >= 11 is 0. The van der Waals surface area contributed by atoms with Crippen LogP contribution in [0.2, 0.25) is 0 Å². The summed E-state index contributed by atoms with van der Waals surface area (Å²) in [5, 5.41) is 1.21. The van der Waals surface area contributed by atoms with E-state index >= 15 is 0 Å². The predicted octanol–water partition coefficient (Wildman–Crippen LogP) is 2.89. The fourth-order valence-corrected chi connectivity index (χ4v) is 1.51. The number of ether oxygens (including phenoxy) is 1. The van der Waals surface area contributed by atoms with Gasteiger partial charge < -0.3 is 14.6 Å². The van der Waals surface area contributed by atoms with Gasteiger partial charge >= 0.3 is 0 Å². The number of hydrogen-bond donors (Lipinski definition) is 1. The maximum atomic E-state index is 5.85. The Balaban J connectivity index is 2.08. The Morgan fingerprint density at radius 3 is 2.71 bits per heavy atom. The first-order valence-electron chi connectivity index (χ1n) is 5.86. The maximum absolute atomic E-state index is 5.85. The third-order valence-electron chi connectivity index (χ3n) is 3.33. The van der Waals surface area contributed by atoms with Gasteiger partial charge in [-0.05, 0) is 51.5 Å². The number of benzene rings is 1. The molecule has 0 bridgehead atoms. The van der Waals surface area contributed by atoms with Crippen molar-refractivity contribution in [2.45, 2.75) is 19.4 Å². The number of aromatic nitrogens is 1. The minimum Gasteiger partial charge on any atom is -0.492 e. The van der Waals surface area contributed by atoms with Gasteiger partial charge in [0.15, 0.2) is 0 Å². The lowest BCUT2D eigenvalue weighted by atomic mass is 10.1. The molecular weight excluding hydrogens is 212 g/mol. The lowest BCUT2D eigenvalue weighted by Crippen LogP contribution is -2.43. The first-order valence-corrected chi connectivity index (χ1v) is 5.86. The van der Waals surface area contributed by atoms with Gasteiger partial charge in [-0.25, -0.2) is 0 Å². The van der Waals surface area contributed by atoms with Gasteiger partial charge in [0.1, 0.15) is 12.4 Å². The highest BCUT2D eigenvalue weighted by atomic mass is 16.5. The van der Waals surface area contributed by atoms with Crippen molar-refractivity contribution in [3.8, 4) is 5.75 Å². The van der Waals surface area contributed by atoms with Crippen LogP contribution in [0, 0.1) is 0 Å². The summed E-state index contributed by atoms with van der Waals surface area (Å²) in [5.74, 6) is 0.912. The quantitative estimate of drug-likeness (QED) is 0.878. The minimum atomic E-state index is 0.0324. The van der Waals surface area contributed by atoms with E-state index in [0.29, 0.717) is 6.61 Å². The molecular formula is C14H20N2O. The summed E-state index contributed by atoms with van der Waals surface area (Å²) < 4.78 is 5.85. The van der Waals surface area contributed by atoms with Crippen LogP contribution in [0.1, 0.15) is 13.8 Å². The van der Waals surface area contributed by atoms with Gasteiger partial charge in [-0.1, -0.05) is 0 Å². The summed E-state index contributed by atoms with van der Waals surface area (Å²) in [6.45, 7) is 5.01. The zero-order chi connectivity index (χ0) is 12.5. The molecule has 0 aliphatic rings. The van der Waals surface area contributed by atoms with Crippen LogP contribution in [0.15, 0.2) is 30.5 Å². The second-order valence-corrected chi connectivity index (χ2v) is 5.22. The maximum Gasteiger partial charge on any atom is 0.121 e.